The average molecular weight is 699 g/mol. The summed E-state index contributed by atoms with van der Waals surface area (Å²) in [5.41, 5.74) is 3.36. The molecule has 5 heterocycles. The van der Waals surface area contributed by atoms with E-state index in [0.717, 1.165) is 59.5 Å². The zero-order valence-electron chi connectivity index (χ0n) is 28.5. The Kier molecular flexibility index (Phi) is 10.1. The Morgan fingerprint density at radius 1 is 1.10 bits per heavy atom. The molecule has 2 aromatic carbocycles. The molecule has 4 aliphatic heterocycles. The third-order valence-corrected chi connectivity index (χ3v) is 10.7. The van der Waals surface area contributed by atoms with E-state index in [2.05, 4.69) is 58.7 Å². The first-order chi connectivity index (χ1) is 24.3. The summed E-state index contributed by atoms with van der Waals surface area (Å²) in [4.78, 5) is 46.2. The minimum atomic E-state index is -0.376. The Bertz CT molecular complexity index is 1830. The summed E-state index contributed by atoms with van der Waals surface area (Å²) < 4.78 is 11.6. The summed E-state index contributed by atoms with van der Waals surface area (Å²) in [5.74, 6) is 0.410. The molecule has 12 nitrogen and oxygen atoms in total. The van der Waals surface area contributed by atoms with Gasteiger partial charge in [-0.2, -0.15) is 15.2 Å². The Morgan fingerprint density at radius 3 is 2.72 bits per heavy atom. The fraction of sp³-hybridized carbons (Fsp3) is 0.486. The number of amides is 2. The van der Waals surface area contributed by atoms with Crippen molar-refractivity contribution in [3.8, 4) is 12.1 Å². The predicted octanol–water partition coefficient (Wildman–Crippen LogP) is 3.66. The minimum Gasteiger partial charge on any atom is -0.462 e. The molecule has 0 spiro atoms. The molecular formula is C37H43ClN8O4. The smallest absolute Gasteiger partial charge is 0.318 e. The van der Waals surface area contributed by atoms with Crippen molar-refractivity contribution in [3.05, 3.63) is 64.8 Å². The van der Waals surface area contributed by atoms with Gasteiger partial charge in [-0.3, -0.25) is 9.59 Å². The second kappa shape index (κ2) is 14.8. The van der Waals surface area contributed by atoms with Gasteiger partial charge in [0.25, 0.3) is 5.91 Å². The minimum absolute atomic E-state index is 0.0109. The van der Waals surface area contributed by atoms with Crippen molar-refractivity contribution in [2.45, 2.75) is 44.3 Å². The van der Waals surface area contributed by atoms with Crippen molar-refractivity contribution in [3.63, 3.8) is 0 Å². The van der Waals surface area contributed by atoms with Crippen LogP contribution in [0.2, 0.25) is 5.02 Å². The third-order valence-electron chi connectivity index (χ3n) is 10.4. The molecule has 0 N–H and O–H groups in total. The normalized spacial score (nSPS) is 21.3. The highest BCUT2D eigenvalue weighted by Crippen LogP contribution is 2.37. The number of anilines is 2. The van der Waals surface area contributed by atoms with Crippen LogP contribution in [0.4, 0.5) is 11.5 Å². The standard InChI is InChI=1S/C37H43ClN8O4/c1-25(20-44-18-19-49-24-33(44)47)36(48)46-17-16-45(21-27(46)11-13-39)35-29-12-15-43(32-10-4-7-26-6-3-9-30(38)34(26)32)22-31(29)40-37(41-35)50-23-28-8-5-14-42(28)2/h3-4,6-7,9-10,27-28H,1,5,8,11-12,14-24H2,2H3/t27-,28-/m0/s1. The first-order valence-corrected chi connectivity index (χ1v) is 17.8. The topological polar surface area (TPSA) is 118 Å². The van der Waals surface area contributed by atoms with Crippen LogP contribution in [0.3, 0.4) is 0 Å². The summed E-state index contributed by atoms with van der Waals surface area (Å²) in [6.45, 7) is 9.26. The highest BCUT2D eigenvalue weighted by atomic mass is 35.5. The number of likely N-dealkylation sites (N-methyl/N-ethyl adjacent to an activating group) is 1. The maximum atomic E-state index is 13.7. The fourth-order valence-electron chi connectivity index (χ4n) is 7.63. The molecule has 50 heavy (non-hydrogen) atoms. The fourth-order valence-corrected chi connectivity index (χ4v) is 7.91. The zero-order chi connectivity index (χ0) is 34.8. The number of halogens is 1. The van der Waals surface area contributed by atoms with Crippen LogP contribution in [-0.4, -0.2) is 121 Å². The highest BCUT2D eigenvalue weighted by molar-refractivity contribution is 6.36. The lowest BCUT2D eigenvalue weighted by atomic mass is 10.0. The molecule has 2 atom stereocenters. The van der Waals surface area contributed by atoms with E-state index in [1.807, 2.05) is 12.1 Å². The van der Waals surface area contributed by atoms with Gasteiger partial charge in [0.1, 0.15) is 19.0 Å². The first-order valence-electron chi connectivity index (χ1n) is 17.4. The number of carbonyl (C=O) groups excluding carboxylic acids is 2. The predicted molar refractivity (Wildman–Crippen MR) is 191 cm³/mol. The van der Waals surface area contributed by atoms with Crippen LogP contribution in [0.1, 0.15) is 30.5 Å². The van der Waals surface area contributed by atoms with Crippen molar-refractivity contribution in [1.82, 2.24) is 24.7 Å². The molecule has 7 rings (SSSR count). The summed E-state index contributed by atoms with van der Waals surface area (Å²) >= 11 is 6.74. The van der Waals surface area contributed by atoms with Gasteiger partial charge in [-0.15, -0.1) is 0 Å². The molecule has 0 aliphatic carbocycles. The van der Waals surface area contributed by atoms with E-state index in [1.165, 1.54) is 0 Å². The zero-order valence-corrected chi connectivity index (χ0v) is 29.3. The molecule has 3 fully saturated rings. The molecular weight excluding hydrogens is 656 g/mol. The maximum absolute atomic E-state index is 13.7. The summed E-state index contributed by atoms with van der Waals surface area (Å²) in [6, 6.07) is 14.8. The number of hydrogen-bond acceptors (Lipinski definition) is 10. The number of fused-ring (bicyclic) bond motifs is 2. The molecule has 13 heteroatoms. The van der Waals surface area contributed by atoms with Gasteiger partial charge in [-0.1, -0.05) is 42.4 Å². The number of aromatic nitrogens is 2. The lowest BCUT2D eigenvalue weighted by molar-refractivity contribution is -0.142. The monoisotopic (exact) mass is 698 g/mol. The number of hydrogen-bond donors (Lipinski definition) is 0. The van der Waals surface area contributed by atoms with E-state index in [4.69, 9.17) is 31.0 Å². The molecule has 3 saturated heterocycles. The van der Waals surface area contributed by atoms with Gasteiger partial charge in [-0.25, -0.2) is 0 Å². The number of carbonyl (C=O) groups is 2. The van der Waals surface area contributed by atoms with Crippen LogP contribution in [-0.2, 0) is 27.3 Å². The lowest BCUT2D eigenvalue weighted by Crippen LogP contribution is -2.56. The number of nitrogens with zero attached hydrogens (tertiary/aromatic N) is 8. The van der Waals surface area contributed by atoms with Crippen molar-refractivity contribution in [2.75, 3.05) is 82.5 Å². The van der Waals surface area contributed by atoms with E-state index >= 15 is 0 Å². The molecule has 3 aromatic rings. The summed E-state index contributed by atoms with van der Waals surface area (Å²) in [6.07, 6.45) is 3.08. The van der Waals surface area contributed by atoms with Gasteiger partial charge in [0, 0.05) is 61.0 Å². The number of likely N-dealkylation sites (tertiary alicyclic amines) is 1. The molecule has 2 amide bonds. The lowest BCUT2D eigenvalue weighted by Gasteiger charge is -2.43. The van der Waals surface area contributed by atoms with E-state index in [-0.39, 0.29) is 37.4 Å². The number of benzene rings is 2. The summed E-state index contributed by atoms with van der Waals surface area (Å²) in [7, 11) is 2.12. The molecule has 0 saturated carbocycles. The molecule has 0 bridgehead atoms. The van der Waals surface area contributed by atoms with Gasteiger partial charge in [0.15, 0.2) is 0 Å². The second-order valence-electron chi connectivity index (χ2n) is 13.6. The number of morpholine rings is 1. The molecule has 4 aliphatic rings. The van der Waals surface area contributed by atoms with Crippen molar-refractivity contribution < 1.29 is 19.1 Å². The molecule has 1 aromatic heterocycles. The Balaban J connectivity index is 1.15. The van der Waals surface area contributed by atoms with Crippen LogP contribution in [0, 0.1) is 11.3 Å². The number of ether oxygens (including phenoxy) is 2. The van der Waals surface area contributed by atoms with E-state index in [1.54, 1.807) is 9.80 Å². The summed E-state index contributed by atoms with van der Waals surface area (Å²) in [5, 5.41) is 12.6. The van der Waals surface area contributed by atoms with Crippen LogP contribution >= 0.6 is 11.6 Å². The van der Waals surface area contributed by atoms with Crippen molar-refractivity contribution in [1.29, 1.82) is 5.26 Å². The number of piperazine rings is 1. The SMILES string of the molecule is C=C(CN1CCOCC1=O)C(=O)N1CCN(c2nc(OC[C@@H]3CCCN3C)nc3c2CCN(c2cccc4cccc(Cl)c24)C3)C[C@@H]1CC#N. The van der Waals surface area contributed by atoms with E-state index in [0.29, 0.717) is 75.0 Å². The quantitative estimate of drug-likeness (QED) is 0.307. The molecule has 0 radical (unpaired) electrons. The number of rotatable bonds is 9. The number of nitriles is 1. The van der Waals surface area contributed by atoms with Gasteiger partial charge in [0.05, 0.1) is 48.9 Å². The third kappa shape index (κ3) is 6.95. The van der Waals surface area contributed by atoms with Gasteiger partial charge >= 0.3 is 6.01 Å². The van der Waals surface area contributed by atoms with Gasteiger partial charge in [-0.05, 0) is 50.4 Å². The highest BCUT2D eigenvalue weighted by Gasteiger charge is 2.36. The van der Waals surface area contributed by atoms with Crippen LogP contribution in [0.15, 0.2) is 48.6 Å². The van der Waals surface area contributed by atoms with Crippen LogP contribution < -0.4 is 14.5 Å². The van der Waals surface area contributed by atoms with Gasteiger partial charge in [0.2, 0.25) is 5.91 Å². The van der Waals surface area contributed by atoms with Crippen molar-refractivity contribution >= 4 is 45.7 Å². The average Bonchev–Trinajstić information content (AvgIpc) is 3.55. The van der Waals surface area contributed by atoms with Crippen LogP contribution in [0.5, 0.6) is 6.01 Å². The largest absolute Gasteiger partial charge is 0.462 e. The molecule has 0 unspecified atom stereocenters. The Morgan fingerprint density at radius 2 is 1.94 bits per heavy atom. The second-order valence-corrected chi connectivity index (χ2v) is 14.0. The van der Waals surface area contributed by atoms with Crippen LogP contribution in [0.25, 0.3) is 10.8 Å². The van der Waals surface area contributed by atoms with E-state index < -0.39 is 0 Å². The Labute approximate surface area is 297 Å². The van der Waals surface area contributed by atoms with E-state index in [9.17, 15) is 14.9 Å². The molecule has 262 valence electrons. The Hall–Kier alpha value is -4.44. The first kappa shape index (κ1) is 34.0. The van der Waals surface area contributed by atoms with Gasteiger partial charge < -0.3 is 34.0 Å². The maximum Gasteiger partial charge on any atom is 0.318 e. The van der Waals surface area contributed by atoms with Crippen molar-refractivity contribution in [2.24, 2.45) is 0 Å².